The van der Waals surface area contributed by atoms with Crippen LogP contribution in [0.5, 0.6) is 0 Å². The van der Waals surface area contributed by atoms with Crippen molar-refractivity contribution in [1.82, 2.24) is 10.3 Å². The lowest BCUT2D eigenvalue weighted by atomic mass is 10.7. The van der Waals surface area contributed by atoms with Crippen LogP contribution in [0.4, 0.5) is 0 Å². The van der Waals surface area contributed by atoms with E-state index < -0.39 is 11.3 Å². The lowest BCUT2D eigenvalue weighted by Gasteiger charge is -2.05. The summed E-state index contributed by atoms with van der Waals surface area (Å²) in [5, 5.41) is 0. The molecule has 0 amide bonds. The number of hydrogen-bond donors (Lipinski definition) is 2. The molecule has 0 aliphatic carbocycles. The van der Waals surface area contributed by atoms with Crippen LogP contribution in [0.25, 0.3) is 0 Å². The molecule has 0 bridgehead atoms. The van der Waals surface area contributed by atoms with Crippen LogP contribution in [0.2, 0.25) is 0 Å². The van der Waals surface area contributed by atoms with Crippen molar-refractivity contribution in [3.05, 3.63) is 12.7 Å². The SMILES string of the molecule is C=CCNNS(=O)[O-]. The van der Waals surface area contributed by atoms with Crippen molar-refractivity contribution in [2.75, 3.05) is 6.54 Å². The highest BCUT2D eigenvalue weighted by molar-refractivity contribution is 7.76. The molecule has 2 N–H and O–H groups in total. The smallest absolute Gasteiger partial charge is 0.0324 e. The molecule has 0 aliphatic heterocycles. The Bertz CT molecular complexity index is 95.3. The first-order chi connectivity index (χ1) is 3.77. The molecule has 0 heterocycles. The van der Waals surface area contributed by atoms with Crippen molar-refractivity contribution in [2.24, 2.45) is 0 Å². The minimum Gasteiger partial charge on any atom is -0.759 e. The average molecular weight is 135 g/mol. The van der Waals surface area contributed by atoms with E-state index in [-0.39, 0.29) is 0 Å². The normalized spacial score (nSPS) is 13.1. The van der Waals surface area contributed by atoms with Gasteiger partial charge in [0.25, 0.3) is 0 Å². The van der Waals surface area contributed by atoms with E-state index in [0.29, 0.717) is 6.54 Å². The zero-order valence-corrected chi connectivity index (χ0v) is 5.03. The fourth-order valence-electron chi connectivity index (χ4n) is 0.173. The Kier molecular flexibility index (Phi) is 4.78. The van der Waals surface area contributed by atoms with Crippen LogP contribution in [0.3, 0.4) is 0 Å². The van der Waals surface area contributed by atoms with Crippen LogP contribution < -0.4 is 10.3 Å². The van der Waals surface area contributed by atoms with Gasteiger partial charge < -0.3 is 4.55 Å². The third-order valence-electron chi connectivity index (χ3n) is 0.402. The molecule has 0 saturated carbocycles. The molecule has 0 aliphatic rings. The van der Waals surface area contributed by atoms with Gasteiger partial charge in [0.15, 0.2) is 0 Å². The maximum absolute atomic E-state index is 9.67. The molecule has 4 nitrogen and oxygen atoms in total. The van der Waals surface area contributed by atoms with E-state index in [1.807, 2.05) is 4.83 Å². The minimum absolute atomic E-state index is 0.425. The molecule has 5 heteroatoms. The molecule has 8 heavy (non-hydrogen) atoms. The van der Waals surface area contributed by atoms with Crippen molar-refractivity contribution in [3.63, 3.8) is 0 Å². The van der Waals surface area contributed by atoms with Crippen LogP contribution in [-0.2, 0) is 11.3 Å². The summed E-state index contributed by atoms with van der Waals surface area (Å²) in [5.74, 6) is 0. The molecular formula is C3H7N2O2S-. The molecule has 0 aromatic carbocycles. The van der Waals surface area contributed by atoms with Crippen molar-refractivity contribution >= 4 is 11.3 Å². The third-order valence-corrected chi connectivity index (χ3v) is 0.713. The number of hydrazine groups is 1. The molecule has 0 fully saturated rings. The number of nitrogens with one attached hydrogen (secondary N) is 2. The Morgan fingerprint density at radius 3 is 2.88 bits per heavy atom. The standard InChI is InChI=1S/C3H8N2O2S/c1-2-3-4-5-8(6)7/h2,4-5H,1,3H2,(H,6,7)/p-1. The summed E-state index contributed by atoms with van der Waals surface area (Å²) in [6.45, 7) is 3.78. The Balaban J connectivity index is 2.93. The van der Waals surface area contributed by atoms with Gasteiger partial charge in [0.2, 0.25) is 0 Å². The molecular weight excluding hydrogens is 128 g/mol. The predicted molar refractivity (Wildman–Crippen MR) is 30.3 cm³/mol. The van der Waals surface area contributed by atoms with Crippen LogP contribution in [-0.4, -0.2) is 15.3 Å². The zero-order chi connectivity index (χ0) is 6.41. The average Bonchev–Trinajstić information content (AvgIpc) is 1.66. The van der Waals surface area contributed by atoms with Crippen LogP contribution in [0.1, 0.15) is 0 Å². The molecule has 0 spiro atoms. The Morgan fingerprint density at radius 1 is 1.88 bits per heavy atom. The van der Waals surface area contributed by atoms with Crippen molar-refractivity contribution in [1.29, 1.82) is 0 Å². The molecule has 0 rings (SSSR count). The summed E-state index contributed by atoms with van der Waals surface area (Å²) in [7, 11) is 0. The lowest BCUT2D eigenvalue weighted by molar-refractivity contribution is 0.510. The highest BCUT2D eigenvalue weighted by atomic mass is 32.2. The lowest BCUT2D eigenvalue weighted by Crippen LogP contribution is -2.32. The van der Waals surface area contributed by atoms with Gasteiger partial charge in [-0.15, -0.1) is 6.58 Å². The van der Waals surface area contributed by atoms with Gasteiger partial charge in [-0.25, -0.2) is 5.43 Å². The van der Waals surface area contributed by atoms with E-state index >= 15 is 0 Å². The maximum atomic E-state index is 9.67. The third kappa shape index (κ3) is 5.77. The molecule has 1 unspecified atom stereocenters. The molecule has 0 radical (unpaired) electrons. The van der Waals surface area contributed by atoms with Gasteiger partial charge in [-0.05, 0) is 0 Å². The molecule has 0 saturated heterocycles. The summed E-state index contributed by atoms with van der Waals surface area (Å²) in [6.07, 6.45) is 1.54. The van der Waals surface area contributed by atoms with Crippen LogP contribution in [0, 0.1) is 0 Å². The van der Waals surface area contributed by atoms with E-state index in [4.69, 9.17) is 0 Å². The van der Waals surface area contributed by atoms with Crippen molar-refractivity contribution in [3.8, 4) is 0 Å². The van der Waals surface area contributed by atoms with Gasteiger partial charge in [0, 0.05) is 17.8 Å². The second kappa shape index (κ2) is 4.92. The fraction of sp³-hybridized carbons (Fsp3) is 0.333. The topological polar surface area (TPSA) is 64.2 Å². The quantitative estimate of drug-likeness (QED) is 0.226. The van der Waals surface area contributed by atoms with Gasteiger partial charge >= 0.3 is 0 Å². The van der Waals surface area contributed by atoms with Crippen molar-refractivity contribution in [2.45, 2.75) is 0 Å². The van der Waals surface area contributed by atoms with Gasteiger partial charge in [-0.1, -0.05) is 6.08 Å². The highest BCUT2D eigenvalue weighted by Gasteiger charge is 1.74. The maximum Gasteiger partial charge on any atom is 0.0324 e. The van der Waals surface area contributed by atoms with E-state index in [2.05, 4.69) is 12.0 Å². The molecule has 0 aromatic heterocycles. The second-order valence-corrected chi connectivity index (χ2v) is 1.68. The monoisotopic (exact) mass is 135 g/mol. The summed E-state index contributed by atoms with van der Waals surface area (Å²) in [6, 6.07) is 0. The van der Waals surface area contributed by atoms with Gasteiger partial charge in [0.1, 0.15) is 0 Å². The fourth-order valence-corrected chi connectivity index (χ4v) is 0.374. The van der Waals surface area contributed by atoms with Gasteiger partial charge in [-0.2, -0.15) is 4.83 Å². The number of rotatable bonds is 4. The number of hydrogen-bond acceptors (Lipinski definition) is 3. The van der Waals surface area contributed by atoms with Gasteiger partial charge in [0.05, 0.1) is 0 Å². The summed E-state index contributed by atoms with van der Waals surface area (Å²) < 4.78 is 19.3. The van der Waals surface area contributed by atoms with Crippen LogP contribution in [0.15, 0.2) is 12.7 Å². The molecule has 0 aromatic rings. The first-order valence-corrected chi connectivity index (χ1v) is 3.03. The molecule has 1 atom stereocenters. The first-order valence-electron chi connectivity index (χ1n) is 1.96. The van der Waals surface area contributed by atoms with E-state index in [1.54, 1.807) is 6.08 Å². The molecule has 48 valence electrons. The van der Waals surface area contributed by atoms with Crippen molar-refractivity contribution < 1.29 is 8.76 Å². The van der Waals surface area contributed by atoms with E-state index in [0.717, 1.165) is 0 Å². The summed E-state index contributed by atoms with van der Waals surface area (Å²) >= 11 is -2.23. The zero-order valence-electron chi connectivity index (χ0n) is 4.22. The second-order valence-electron chi connectivity index (χ2n) is 1.01. The van der Waals surface area contributed by atoms with E-state index in [1.165, 1.54) is 0 Å². The summed E-state index contributed by atoms with van der Waals surface area (Å²) in [5.41, 5.74) is 2.35. The largest absolute Gasteiger partial charge is 0.759 e. The minimum atomic E-state index is -2.23. The Hall–Kier alpha value is -0.230. The highest BCUT2D eigenvalue weighted by Crippen LogP contribution is 1.56. The Morgan fingerprint density at radius 2 is 2.50 bits per heavy atom. The summed E-state index contributed by atoms with van der Waals surface area (Å²) in [4.78, 5) is 1.94. The predicted octanol–water partition coefficient (Wildman–Crippen LogP) is -0.939. The van der Waals surface area contributed by atoms with Crippen LogP contribution >= 0.6 is 0 Å². The first kappa shape index (κ1) is 7.77. The Labute approximate surface area is 50.4 Å². The van der Waals surface area contributed by atoms with E-state index in [9.17, 15) is 8.76 Å². The van der Waals surface area contributed by atoms with Gasteiger partial charge in [-0.3, -0.25) is 4.21 Å².